The molecule has 2 aromatic carbocycles. The van der Waals surface area contributed by atoms with Gasteiger partial charge in [-0.05, 0) is 54.7 Å². The second kappa shape index (κ2) is 10.5. The molecule has 194 valence electrons. The minimum absolute atomic E-state index is 0.0708. The molecule has 1 aliphatic heterocycles. The Kier molecular flexibility index (Phi) is 6.91. The van der Waals surface area contributed by atoms with Gasteiger partial charge < -0.3 is 16.0 Å². The Balaban J connectivity index is 1.48. The van der Waals surface area contributed by atoms with E-state index in [1.165, 1.54) is 18.0 Å². The van der Waals surface area contributed by atoms with Gasteiger partial charge in [0.1, 0.15) is 17.8 Å². The predicted molar refractivity (Wildman–Crippen MR) is 149 cm³/mol. The Bertz CT molecular complexity index is 1510. The molecule has 0 saturated carbocycles. The van der Waals surface area contributed by atoms with Crippen LogP contribution < -0.4 is 11.1 Å². The molecule has 1 atom stereocenters. The molecular formula is C29H31N7O2. The van der Waals surface area contributed by atoms with Crippen molar-refractivity contribution < 1.29 is 9.59 Å². The number of rotatable bonds is 6. The van der Waals surface area contributed by atoms with Crippen LogP contribution in [0.1, 0.15) is 54.6 Å². The van der Waals surface area contributed by atoms with Crippen LogP contribution in [-0.2, 0) is 4.79 Å². The van der Waals surface area contributed by atoms with Gasteiger partial charge in [-0.1, -0.05) is 44.7 Å². The van der Waals surface area contributed by atoms with Crippen molar-refractivity contribution >= 4 is 34.4 Å². The summed E-state index contributed by atoms with van der Waals surface area (Å²) < 4.78 is 1.84. The van der Waals surface area contributed by atoms with E-state index in [9.17, 15) is 9.59 Å². The molecule has 3 N–H and O–H groups in total. The van der Waals surface area contributed by atoms with Gasteiger partial charge in [0.25, 0.3) is 5.91 Å². The van der Waals surface area contributed by atoms with E-state index in [1.807, 2.05) is 41.1 Å². The Morgan fingerprint density at radius 1 is 1.16 bits per heavy atom. The van der Waals surface area contributed by atoms with Gasteiger partial charge in [-0.2, -0.15) is 5.10 Å². The Hall–Kier alpha value is -4.53. The van der Waals surface area contributed by atoms with E-state index < -0.39 is 0 Å². The summed E-state index contributed by atoms with van der Waals surface area (Å²) in [6.07, 6.45) is 4.45. The third kappa shape index (κ3) is 4.87. The number of benzene rings is 2. The predicted octanol–water partition coefficient (Wildman–Crippen LogP) is 4.80. The summed E-state index contributed by atoms with van der Waals surface area (Å²) in [6.45, 7) is 9.06. The first-order chi connectivity index (χ1) is 18.4. The zero-order valence-electron chi connectivity index (χ0n) is 21.6. The van der Waals surface area contributed by atoms with Crippen molar-refractivity contribution in [3.05, 3.63) is 78.6 Å². The van der Waals surface area contributed by atoms with Crippen molar-refractivity contribution in [3.63, 3.8) is 0 Å². The van der Waals surface area contributed by atoms with Crippen LogP contribution in [0.3, 0.4) is 0 Å². The van der Waals surface area contributed by atoms with E-state index in [-0.39, 0.29) is 17.9 Å². The third-order valence-electron chi connectivity index (χ3n) is 6.98. The van der Waals surface area contributed by atoms with Gasteiger partial charge in [0.15, 0.2) is 5.65 Å². The molecule has 0 radical (unpaired) electrons. The van der Waals surface area contributed by atoms with Gasteiger partial charge >= 0.3 is 0 Å². The zero-order chi connectivity index (χ0) is 26.8. The number of carbonyl (C=O) groups is 2. The monoisotopic (exact) mass is 509 g/mol. The highest BCUT2D eigenvalue weighted by atomic mass is 16.2. The standard InChI is InChI=1S/C29H31N7O2/c1-4-24(37)35-14-6-9-23(16-35)36-28-25(27(30)31-17-32-28)26(34-36)20-7-5-8-21(15-20)29(38)33-22-12-10-19(11-13-22)18(2)3/h4-5,7-8,10-13,15,17-18,23H,1,6,9,14,16H2,2-3H3,(H,33,38)(H2,30,31,32)/t23-/m0/s1. The molecule has 38 heavy (non-hydrogen) atoms. The number of likely N-dealkylation sites (tertiary alicyclic amines) is 1. The average Bonchev–Trinajstić information content (AvgIpc) is 3.34. The van der Waals surface area contributed by atoms with E-state index in [4.69, 9.17) is 10.8 Å². The third-order valence-corrected chi connectivity index (χ3v) is 6.98. The normalized spacial score (nSPS) is 15.6. The molecule has 0 unspecified atom stereocenters. The fraction of sp³-hybridized carbons (Fsp3) is 0.276. The number of carbonyl (C=O) groups excluding carboxylic acids is 2. The van der Waals surface area contributed by atoms with Crippen LogP contribution in [-0.4, -0.2) is 49.6 Å². The van der Waals surface area contributed by atoms with Gasteiger partial charge in [-0.15, -0.1) is 0 Å². The van der Waals surface area contributed by atoms with Crippen LogP contribution >= 0.6 is 0 Å². The number of amides is 2. The number of nitrogens with two attached hydrogens (primary N) is 1. The number of piperidine rings is 1. The average molecular weight is 510 g/mol. The van der Waals surface area contributed by atoms with Gasteiger partial charge in [0.2, 0.25) is 5.91 Å². The molecule has 9 nitrogen and oxygen atoms in total. The molecule has 1 aliphatic rings. The largest absolute Gasteiger partial charge is 0.383 e. The Morgan fingerprint density at radius 2 is 1.95 bits per heavy atom. The van der Waals surface area contributed by atoms with E-state index in [2.05, 4.69) is 35.7 Å². The van der Waals surface area contributed by atoms with Gasteiger partial charge in [-0.3, -0.25) is 9.59 Å². The zero-order valence-corrected chi connectivity index (χ0v) is 21.6. The lowest BCUT2D eigenvalue weighted by Gasteiger charge is -2.32. The molecule has 5 rings (SSSR count). The number of fused-ring (bicyclic) bond motifs is 1. The van der Waals surface area contributed by atoms with E-state index in [1.54, 1.807) is 17.0 Å². The number of aromatic nitrogens is 4. The first-order valence-electron chi connectivity index (χ1n) is 12.8. The fourth-order valence-corrected chi connectivity index (χ4v) is 4.90. The first kappa shape index (κ1) is 25.1. The van der Waals surface area contributed by atoms with E-state index >= 15 is 0 Å². The maximum absolute atomic E-state index is 13.1. The van der Waals surface area contributed by atoms with Crippen LogP contribution in [0, 0.1) is 0 Å². The van der Waals surface area contributed by atoms with Crippen LogP contribution in [0.5, 0.6) is 0 Å². The molecule has 1 saturated heterocycles. The lowest BCUT2D eigenvalue weighted by atomic mass is 10.0. The van der Waals surface area contributed by atoms with Crippen molar-refractivity contribution in [1.29, 1.82) is 0 Å². The number of nitrogens with one attached hydrogen (secondary N) is 1. The highest BCUT2D eigenvalue weighted by Gasteiger charge is 2.28. The molecule has 2 amide bonds. The SMILES string of the molecule is C=CC(=O)N1CCC[C@H](n2nc(-c3cccc(C(=O)Nc4ccc(C(C)C)cc4)c3)c3c(N)ncnc32)C1. The van der Waals surface area contributed by atoms with Gasteiger partial charge in [-0.25, -0.2) is 14.6 Å². The second-order valence-electron chi connectivity index (χ2n) is 9.85. The topological polar surface area (TPSA) is 119 Å². The smallest absolute Gasteiger partial charge is 0.255 e. The Morgan fingerprint density at radius 3 is 2.68 bits per heavy atom. The highest BCUT2D eigenvalue weighted by Crippen LogP contribution is 2.34. The van der Waals surface area contributed by atoms with Crippen LogP contribution in [0.2, 0.25) is 0 Å². The molecule has 3 heterocycles. The van der Waals surface area contributed by atoms with Crippen molar-refractivity contribution in [3.8, 4) is 11.3 Å². The lowest BCUT2D eigenvalue weighted by Crippen LogP contribution is -2.40. The van der Waals surface area contributed by atoms with Crippen LogP contribution in [0.4, 0.5) is 11.5 Å². The summed E-state index contributed by atoms with van der Waals surface area (Å²) in [7, 11) is 0. The van der Waals surface area contributed by atoms with Crippen LogP contribution in [0.15, 0.2) is 67.5 Å². The summed E-state index contributed by atoms with van der Waals surface area (Å²) in [4.78, 5) is 35.8. The summed E-state index contributed by atoms with van der Waals surface area (Å²) in [5, 5.41) is 8.51. The van der Waals surface area contributed by atoms with Gasteiger partial charge in [0.05, 0.1) is 11.4 Å². The maximum Gasteiger partial charge on any atom is 0.255 e. The molecule has 9 heteroatoms. The number of anilines is 2. The van der Waals surface area contributed by atoms with E-state index in [0.717, 1.165) is 24.1 Å². The van der Waals surface area contributed by atoms with Crippen molar-refractivity contribution in [1.82, 2.24) is 24.6 Å². The molecule has 1 fully saturated rings. The van der Waals surface area contributed by atoms with E-state index in [0.29, 0.717) is 47.1 Å². The number of nitrogen functional groups attached to an aromatic ring is 1. The minimum atomic E-state index is -0.219. The summed E-state index contributed by atoms with van der Waals surface area (Å²) in [5.41, 5.74) is 10.7. The minimum Gasteiger partial charge on any atom is -0.383 e. The maximum atomic E-state index is 13.1. The summed E-state index contributed by atoms with van der Waals surface area (Å²) in [5.74, 6) is 0.411. The number of nitrogens with zero attached hydrogens (tertiary/aromatic N) is 5. The quantitative estimate of drug-likeness (QED) is 0.360. The number of hydrogen-bond acceptors (Lipinski definition) is 6. The first-order valence-corrected chi connectivity index (χ1v) is 12.8. The van der Waals surface area contributed by atoms with Crippen molar-refractivity contribution in [2.24, 2.45) is 0 Å². The second-order valence-corrected chi connectivity index (χ2v) is 9.85. The summed E-state index contributed by atoms with van der Waals surface area (Å²) >= 11 is 0. The summed E-state index contributed by atoms with van der Waals surface area (Å²) in [6, 6.07) is 15.1. The molecule has 2 aromatic heterocycles. The molecule has 0 spiro atoms. The lowest BCUT2D eigenvalue weighted by molar-refractivity contribution is -0.127. The van der Waals surface area contributed by atoms with Crippen molar-refractivity contribution in [2.75, 3.05) is 24.1 Å². The fourth-order valence-electron chi connectivity index (χ4n) is 4.90. The molecule has 0 aliphatic carbocycles. The van der Waals surface area contributed by atoms with Crippen LogP contribution in [0.25, 0.3) is 22.3 Å². The molecular weight excluding hydrogens is 478 g/mol. The molecule has 0 bridgehead atoms. The van der Waals surface area contributed by atoms with Crippen molar-refractivity contribution in [2.45, 2.75) is 38.6 Å². The number of hydrogen-bond donors (Lipinski definition) is 2. The van der Waals surface area contributed by atoms with Gasteiger partial charge in [0, 0.05) is 29.9 Å². The molecule has 4 aromatic rings. The Labute approximate surface area is 221 Å². The highest BCUT2D eigenvalue weighted by molar-refractivity contribution is 6.06.